The van der Waals surface area contributed by atoms with Crippen LogP contribution < -0.4 is 10.5 Å². The number of methoxy groups -OCH3 is 1. The molecule has 0 fully saturated rings. The van der Waals surface area contributed by atoms with Gasteiger partial charge in [-0.1, -0.05) is 0 Å². The minimum atomic E-state index is -0.504. The zero-order valence-electron chi connectivity index (χ0n) is 9.67. The highest BCUT2D eigenvalue weighted by Gasteiger charge is 2.14. The van der Waals surface area contributed by atoms with Gasteiger partial charge in [0.05, 0.1) is 25.4 Å². The maximum absolute atomic E-state index is 11.5. The van der Waals surface area contributed by atoms with Gasteiger partial charge in [-0.3, -0.25) is 4.79 Å². The molecule has 0 aliphatic heterocycles. The van der Waals surface area contributed by atoms with Gasteiger partial charge in [-0.15, -0.1) is 5.10 Å². The Kier molecular flexibility index (Phi) is 4.19. The topological polar surface area (TPSA) is 81.3 Å². The summed E-state index contributed by atoms with van der Waals surface area (Å²) in [5.41, 5.74) is 6.18. The summed E-state index contributed by atoms with van der Waals surface area (Å²) in [5, 5.41) is 7.73. The Balaban J connectivity index is 2.62. The van der Waals surface area contributed by atoms with Crippen molar-refractivity contribution in [2.45, 2.75) is 19.5 Å². The fourth-order valence-electron chi connectivity index (χ4n) is 1.21. The van der Waals surface area contributed by atoms with E-state index in [1.165, 1.54) is 12.0 Å². The average molecular weight is 224 g/mol. The fourth-order valence-corrected chi connectivity index (χ4v) is 1.21. The fraction of sp³-hybridized carbons (Fsp3) is 0.500. The van der Waals surface area contributed by atoms with Gasteiger partial charge in [0.1, 0.15) is 0 Å². The summed E-state index contributed by atoms with van der Waals surface area (Å²) in [7, 11) is 3.20. The Hall–Kier alpha value is -1.69. The van der Waals surface area contributed by atoms with Crippen LogP contribution in [-0.4, -0.2) is 41.2 Å². The van der Waals surface area contributed by atoms with Crippen LogP contribution in [0.5, 0.6) is 5.88 Å². The molecule has 6 heteroatoms. The van der Waals surface area contributed by atoms with Crippen LogP contribution in [0.2, 0.25) is 0 Å². The number of nitrogens with two attached hydrogens (primary N) is 1. The highest BCUT2D eigenvalue weighted by molar-refractivity contribution is 5.80. The molecule has 1 heterocycles. The van der Waals surface area contributed by atoms with E-state index in [1.54, 1.807) is 26.1 Å². The summed E-state index contributed by atoms with van der Waals surface area (Å²) in [4.78, 5) is 13.0. The molecule has 88 valence electrons. The minimum absolute atomic E-state index is 0.127. The molecule has 0 aromatic carbocycles. The van der Waals surface area contributed by atoms with Crippen LogP contribution in [0.25, 0.3) is 0 Å². The summed E-state index contributed by atoms with van der Waals surface area (Å²) < 4.78 is 4.89. The maximum Gasteiger partial charge on any atom is 0.239 e. The molecule has 1 rings (SSSR count). The first-order valence-electron chi connectivity index (χ1n) is 4.91. The molecule has 0 radical (unpaired) electrons. The molecule has 1 atom stereocenters. The lowest BCUT2D eigenvalue weighted by Crippen LogP contribution is -2.39. The average Bonchev–Trinajstić information content (AvgIpc) is 2.28. The zero-order valence-corrected chi connectivity index (χ0v) is 9.67. The number of carbonyl (C=O) groups is 1. The maximum atomic E-state index is 11.5. The second kappa shape index (κ2) is 5.41. The standard InChI is InChI=1S/C10H16N4O2/c1-7(11)10(15)14(2)6-8-4-5-9(16-3)13-12-8/h4-5,7H,6,11H2,1-3H3/t7-/m0/s1. The molecule has 16 heavy (non-hydrogen) atoms. The number of hydrogen-bond donors (Lipinski definition) is 1. The quantitative estimate of drug-likeness (QED) is 0.765. The third-order valence-corrected chi connectivity index (χ3v) is 2.07. The van der Waals surface area contributed by atoms with Crippen molar-refractivity contribution in [3.05, 3.63) is 17.8 Å². The van der Waals surface area contributed by atoms with E-state index in [1.807, 2.05) is 0 Å². The van der Waals surface area contributed by atoms with Crippen LogP contribution in [0.3, 0.4) is 0 Å². The third kappa shape index (κ3) is 3.16. The van der Waals surface area contributed by atoms with Crippen molar-refractivity contribution >= 4 is 5.91 Å². The normalized spacial score (nSPS) is 12.0. The van der Waals surface area contributed by atoms with Crippen LogP contribution in [0.15, 0.2) is 12.1 Å². The molecule has 0 bridgehead atoms. The number of likely N-dealkylation sites (N-methyl/N-ethyl adjacent to an activating group) is 1. The second-order valence-corrected chi connectivity index (χ2v) is 3.55. The Labute approximate surface area is 94.4 Å². The lowest BCUT2D eigenvalue weighted by molar-refractivity contribution is -0.131. The molecule has 0 saturated heterocycles. The largest absolute Gasteiger partial charge is 0.480 e. The first kappa shape index (κ1) is 12.4. The van der Waals surface area contributed by atoms with Gasteiger partial charge in [0.25, 0.3) is 0 Å². The molecule has 0 aliphatic carbocycles. The van der Waals surface area contributed by atoms with Crippen LogP contribution in [0, 0.1) is 0 Å². The smallest absolute Gasteiger partial charge is 0.239 e. The van der Waals surface area contributed by atoms with Crippen LogP contribution in [0.1, 0.15) is 12.6 Å². The van der Waals surface area contributed by atoms with Gasteiger partial charge in [-0.2, -0.15) is 5.10 Å². The first-order valence-corrected chi connectivity index (χ1v) is 4.91. The number of hydrogen-bond acceptors (Lipinski definition) is 5. The number of nitrogens with zero attached hydrogens (tertiary/aromatic N) is 3. The molecule has 0 spiro atoms. The molecule has 1 aromatic rings. The summed E-state index contributed by atoms with van der Waals surface area (Å²) in [5.74, 6) is 0.322. The van der Waals surface area contributed by atoms with Gasteiger partial charge in [-0.05, 0) is 13.0 Å². The number of carbonyl (C=O) groups excluding carboxylic acids is 1. The Morgan fingerprint density at radius 1 is 1.56 bits per heavy atom. The van der Waals surface area contributed by atoms with Crippen LogP contribution in [0.4, 0.5) is 0 Å². The number of ether oxygens (including phenoxy) is 1. The van der Waals surface area contributed by atoms with E-state index in [2.05, 4.69) is 10.2 Å². The predicted octanol–water partition coefficient (Wildman–Crippen LogP) is -0.209. The molecule has 1 aromatic heterocycles. The van der Waals surface area contributed by atoms with Crippen LogP contribution >= 0.6 is 0 Å². The first-order chi connectivity index (χ1) is 7.54. The molecule has 2 N–H and O–H groups in total. The Morgan fingerprint density at radius 3 is 2.69 bits per heavy atom. The molecule has 6 nitrogen and oxygen atoms in total. The van der Waals surface area contributed by atoms with E-state index in [4.69, 9.17) is 10.5 Å². The molecule has 1 amide bonds. The van der Waals surface area contributed by atoms with E-state index in [-0.39, 0.29) is 5.91 Å². The molecular weight excluding hydrogens is 208 g/mol. The summed E-state index contributed by atoms with van der Waals surface area (Å²) in [6.07, 6.45) is 0. The summed E-state index contributed by atoms with van der Waals surface area (Å²) in [6, 6.07) is 2.96. The van der Waals surface area contributed by atoms with E-state index in [9.17, 15) is 4.79 Å². The van der Waals surface area contributed by atoms with E-state index in [0.29, 0.717) is 18.1 Å². The van der Waals surface area contributed by atoms with Crippen molar-refractivity contribution in [3.8, 4) is 5.88 Å². The van der Waals surface area contributed by atoms with Crippen molar-refractivity contribution in [1.29, 1.82) is 0 Å². The van der Waals surface area contributed by atoms with Crippen molar-refractivity contribution in [2.24, 2.45) is 5.73 Å². The van der Waals surface area contributed by atoms with Crippen LogP contribution in [-0.2, 0) is 11.3 Å². The summed E-state index contributed by atoms with van der Waals surface area (Å²) >= 11 is 0. The highest BCUT2D eigenvalue weighted by Crippen LogP contribution is 2.05. The SMILES string of the molecule is COc1ccc(CN(C)C(=O)[C@H](C)N)nn1. The predicted molar refractivity (Wildman–Crippen MR) is 58.7 cm³/mol. The minimum Gasteiger partial charge on any atom is -0.480 e. The number of rotatable bonds is 4. The van der Waals surface area contributed by atoms with Gasteiger partial charge in [0.2, 0.25) is 11.8 Å². The van der Waals surface area contributed by atoms with Crippen molar-refractivity contribution in [3.63, 3.8) is 0 Å². The van der Waals surface area contributed by atoms with Gasteiger partial charge in [0, 0.05) is 13.1 Å². The monoisotopic (exact) mass is 224 g/mol. The molecular formula is C10H16N4O2. The van der Waals surface area contributed by atoms with Gasteiger partial charge >= 0.3 is 0 Å². The molecule has 0 aliphatic rings. The lowest BCUT2D eigenvalue weighted by atomic mass is 10.3. The van der Waals surface area contributed by atoms with Gasteiger partial charge in [0.15, 0.2) is 0 Å². The van der Waals surface area contributed by atoms with E-state index < -0.39 is 6.04 Å². The third-order valence-electron chi connectivity index (χ3n) is 2.07. The Morgan fingerprint density at radius 2 is 2.25 bits per heavy atom. The highest BCUT2D eigenvalue weighted by atomic mass is 16.5. The zero-order chi connectivity index (χ0) is 12.1. The second-order valence-electron chi connectivity index (χ2n) is 3.55. The lowest BCUT2D eigenvalue weighted by Gasteiger charge is -2.18. The molecule has 0 saturated carbocycles. The van der Waals surface area contributed by atoms with Gasteiger partial charge < -0.3 is 15.4 Å². The van der Waals surface area contributed by atoms with Crippen molar-refractivity contribution in [2.75, 3.05) is 14.2 Å². The number of amides is 1. The molecule has 0 unspecified atom stereocenters. The van der Waals surface area contributed by atoms with Gasteiger partial charge in [-0.25, -0.2) is 0 Å². The van der Waals surface area contributed by atoms with Crippen molar-refractivity contribution in [1.82, 2.24) is 15.1 Å². The van der Waals surface area contributed by atoms with E-state index >= 15 is 0 Å². The number of aromatic nitrogens is 2. The van der Waals surface area contributed by atoms with Crippen molar-refractivity contribution < 1.29 is 9.53 Å². The Bertz CT molecular complexity index is 350. The van der Waals surface area contributed by atoms with E-state index in [0.717, 1.165) is 0 Å². The summed E-state index contributed by atoms with van der Waals surface area (Å²) in [6.45, 7) is 2.04.